The Morgan fingerprint density at radius 3 is 2.63 bits per heavy atom. The predicted octanol–water partition coefficient (Wildman–Crippen LogP) is 3.61. The van der Waals surface area contributed by atoms with Gasteiger partial charge in [-0.15, -0.1) is 0 Å². The smallest absolute Gasteiger partial charge is 0.328 e. The molecule has 0 aliphatic rings. The number of pyridine rings is 1. The van der Waals surface area contributed by atoms with Crippen molar-refractivity contribution in [2.45, 2.75) is 12.5 Å². The van der Waals surface area contributed by atoms with Crippen molar-refractivity contribution < 1.29 is 14.3 Å². The maximum Gasteiger partial charge on any atom is 0.328 e. The quantitative estimate of drug-likeness (QED) is 0.682. The SMILES string of the molecule is COC(=O)[C@H](C/C=C/c1ccccc1)NC(=O)c1cnc2ccccc2c1. The number of fused-ring (bicyclic) bond motifs is 1. The molecular weight excluding hydrogens is 340 g/mol. The summed E-state index contributed by atoms with van der Waals surface area (Å²) < 4.78 is 4.82. The fraction of sp³-hybridized carbons (Fsp3) is 0.136. The Labute approximate surface area is 157 Å². The second-order valence-corrected chi connectivity index (χ2v) is 6.01. The van der Waals surface area contributed by atoms with E-state index in [1.54, 1.807) is 6.07 Å². The van der Waals surface area contributed by atoms with E-state index in [1.807, 2.05) is 66.7 Å². The molecule has 0 bridgehead atoms. The molecule has 5 heteroatoms. The van der Waals surface area contributed by atoms with Gasteiger partial charge in [-0.3, -0.25) is 9.78 Å². The van der Waals surface area contributed by atoms with Crippen molar-refractivity contribution in [1.29, 1.82) is 0 Å². The highest BCUT2D eigenvalue weighted by Crippen LogP contribution is 2.13. The highest BCUT2D eigenvalue weighted by Gasteiger charge is 2.21. The van der Waals surface area contributed by atoms with Crippen molar-refractivity contribution in [1.82, 2.24) is 10.3 Å². The number of aromatic nitrogens is 1. The largest absolute Gasteiger partial charge is 0.467 e. The van der Waals surface area contributed by atoms with E-state index in [2.05, 4.69) is 10.3 Å². The molecule has 1 amide bonds. The molecule has 0 saturated carbocycles. The number of ether oxygens (including phenoxy) is 1. The van der Waals surface area contributed by atoms with Crippen LogP contribution in [0.25, 0.3) is 17.0 Å². The Balaban J connectivity index is 1.71. The molecule has 2 aromatic carbocycles. The van der Waals surface area contributed by atoms with Gasteiger partial charge in [-0.25, -0.2) is 4.79 Å². The molecule has 1 heterocycles. The maximum absolute atomic E-state index is 12.6. The number of nitrogens with zero attached hydrogens (tertiary/aromatic N) is 1. The monoisotopic (exact) mass is 360 g/mol. The minimum Gasteiger partial charge on any atom is -0.467 e. The zero-order valence-corrected chi connectivity index (χ0v) is 15.0. The van der Waals surface area contributed by atoms with Crippen LogP contribution in [-0.2, 0) is 9.53 Å². The van der Waals surface area contributed by atoms with Gasteiger partial charge in [0, 0.05) is 11.6 Å². The summed E-state index contributed by atoms with van der Waals surface area (Å²) in [5.74, 6) is -0.855. The van der Waals surface area contributed by atoms with Gasteiger partial charge in [-0.05, 0) is 24.1 Å². The molecule has 5 nitrogen and oxygen atoms in total. The molecule has 0 fully saturated rings. The number of hydrogen-bond donors (Lipinski definition) is 1. The van der Waals surface area contributed by atoms with Crippen LogP contribution >= 0.6 is 0 Å². The minimum absolute atomic E-state index is 0.328. The average Bonchev–Trinajstić information content (AvgIpc) is 2.72. The maximum atomic E-state index is 12.6. The Morgan fingerprint density at radius 2 is 1.85 bits per heavy atom. The number of amides is 1. The molecule has 136 valence electrons. The van der Waals surface area contributed by atoms with Gasteiger partial charge in [-0.2, -0.15) is 0 Å². The van der Waals surface area contributed by atoms with Crippen LogP contribution in [-0.4, -0.2) is 30.0 Å². The lowest BCUT2D eigenvalue weighted by atomic mass is 10.1. The number of rotatable bonds is 6. The van der Waals surface area contributed by atoms with Gasteiger partial charge in [-0.1, -0.05) is 60.7 Å². The Hall–Kier alpha value is -3.47. The van der Waals surface area contributed by atoms with E-state index in [4.69, 9.17) is 4.74 Å². The zero-order chi connectivity index (χ0) is 19.1. The number of carbonyl (C=O) groups excluding carboxylic acids is 2. The fourth-order valence-electron chi connectivity index (χ4n) is 2.70. The van der Waals surface area contributed by atoms with E-state index in [1.165, 1.54) is 13.3 Å². The third-order valence-corrected chi connectivity index (χ3v) is 4.13. The number of nitrogens with one attached hydrogen (secondary N) is 1. The van der Waals surface area contributed by atoms with Gasteiger partial charge in [0.15, 0.2) is 0 Å². The van der Waals surface area contributed by atoms with Crippen molar-refractivity contribution in [2.24, 2.45) is 0 Å². The molecule has 1 atom stereocenters. The lowest BCUT2D eigenvalue weighted by molar-refractivity contribution is -0.142. The van der Waals surface area contributed by atoms with E-state index in [0.29, 0.717) is 12.0 Å². The molecule has 27 heavy (non-hydrogen) atoms. The summed E-state index contributed by atoms with van der Waals surface area (Å²) in [5.41, 5.74) is 2.23. The van der Waals surface area contributed by atoms with Crippen LogP contribution in [0.1, 0.15) is 22.3 Å². The molecule has 1 N–H and O–H groups in total. The predicted molar refractivity (Wildman–Crippen MR) is 105 cm³/mol. The number of hydrogen-bond acceptors (Lipinski definition) is 4. The third-order valence-electron chi connectivity index (χ3n) is 4.13. The Kier molecular flexibility index (Phi) is 5.94. The summed E-state index contributed by atoms with van der Waals surface area (Å²) in [6, 6.07) is 18.3. The molecule has 0 spiro atoms. The van der Waals surface area contributed by atoms with Gasteiger partial charge in [0.25, 0.3) is 5.91 Å². The number of benzene rings is 2. The van der Waals surface area contributed by atoms with E-state index in [0.717, 1.165) is 16.5 Å². The second-order valence-electron chi connectivity index (χ2n) is 6.01. The van der Waals surface area contributed by atoms with Gasteiger partial charge in [0.05, 0.1) is 18.2 Å². The molecule has 1 aromatic heterocycles. The first-order chi connectivity index (χ1) is 13.2. The van der Waals surface area contributed by atoms with Crippen LogP contribution in [0, 0.1) is 0 Å². The summed E-state index contributed by atoms with van der Waals surface area (Å²) >= 11 is 0. The molecular formula is C22H20N2O3. The number of esters is 1. The molecule has 0 radical (unpaired) electrons. The number of methoxy groups -OCH3 is 1. The minimum atomic E-state index is -0.770. The first-order valence-corrected chi connectivity index (χ1v) is 8.62. The first kappa shape index (κ1) is 18.3. The summed E-state index contributed by atoms with van der Waals surface area (Å²) in [6.45, 7) is 0. The van der Waals surface area contributed by atoms with Crippen molar-refractivity contribution in [3.05, 3.63) is 84.1 Å². The third kappa shape index (κ3) is 4.79. The van der Waals surface area contributed by atoms with E-state index >= 15 is 0 Å². The number of carbonyl (C=O) groups is 2. The normalized spacial score (nSPS) is 12.0. The highest BCUT2D eigenvalue weighted by atomic mass is 16.5. The Bertz CT molecular complexity index is 967. The first-order valence-electron chi connectivity index (χ1n) is 8.62. The highest BCUT2D eigenvalue weighted by molar-refractivity contribution is 5.99. The number of para-hydroxylation sites is 1. The van der Waals surface area contributed by atoms with E-state index in [9.17, 15) is 9.59 Å². The van der Waals surface area contributed by atoms with E-state index < -0.39 is 12.0 Å². The second kappa shape index (κ2) is 8.76. The van der Waals surface area contributed by atoms with Crippen LogP contribution in [0.15, 0.2) is 72.9 Å². The molecule has 0 aliphatic carbocycles. The summed E-state index contributed by atoms with van der Waals surface area (Å²) in [5, 5.41) is 3.59. The average molecular weight is 360 g/mol. The lowest BCUT2D eigenvalue weighted by Gasteiger charge is -2.15. The topological polar surface area (TPSA) is 68.3 Å². The summed E-state index contributed by atoms with van der Waals surface area (Å²) in [4.78, 5) is 28.9. The van der Waals surface area contributed by atoms with Gasteiger partial charge in [0.2, 0.25) is 0 Å². The Morgan fingerprint density at radius 1 is 1.11 bits per heavy atom. The van der Waals surface area contributed by atoms with Gasteiger partial charge in [0.1, 0.15) is 6.04 Å². The zero-order valence-electron chi connectivity index (χ0n) is 15.0. The van der Waals surface area contributed by atoms with Crippen LogP contribution in [0.2, 0.25) is 0 Å². The van der Waals surface area contributed by atoms with Gasteiger partial charge >= 0.3 is 5.97 Å². The van der Waals surface area contributed by atoms with E-state index in [-0.39, 0.29) is 5.91 Å². The van der Waals surface area contributed by atoms with Crippen LogP contribution in [0.3, 0.4) is 0 Å². The standard InChI is InChI=1S/C22H20N2O3/c1-27-22(26)20(13-7-10-16-8-3-2-4-9-16)24-21(25)18-14-17-11-5-6-12-19(17)23-15-18/h2-12,14-15,20H,13H2,1H3,(H,24,25)/b10-7+/t20-/m0/s1. The summed E-state index contributed by atoms with van der Waals surface area (Å²) in [7, 11) is 1.31. The molecule has 3 rings (SSSR count). The van der Waals surface area contributed by atoms with Crippen molar-refractivity contribution >= 4 is 28.9 Å². The fourth-order valence-corrected chi connectivity index (χ4v) is 2.70. The van der Waals surface area contributed by atoms with Crippen LogP contribution in [0.4, 0.5) is 0 Å². The molecule has 0 unspecified atom stereocenters. The summed E-state index contributed by atoms with van der Waals surface area (Å²) in [6.07, 6.45) is 5.58. The van der Waals surface area contributed by atoms with Gasteiger partial charge < -0.3 is 10.1 Å². The van der Waals surface area contributed by atoms with Crippen molar-refractivity contribution in [3.8, 4) is 0 Å². The van der Waals surface area contributed by atoms with Crippen molar-refractivity contribution in [2.75, 3.05) is 7.11 Å². The van der Waals surface area contributed by atoms with Crippen LogP contribution < -0.4 is 5.32 Å². The van der Waals surface area contributed by atoms with Crippen molar-refractivity contribution in [3.63, 3.8) is 0 Å². The molecule has 0 saturated heterocycles. The van der Waals surface area contributed by atoms with Crippen LogP contribution in [0.5, 0.6) is 0 Å². The molecule has 3 aromatic rings. The molecule has 0 aliphatic heterocycles. The lowest BCUT2D eigenvalue weighted by Crippen LogP contribution is -2.41.